The highest BCUT2D eigenvalue weighted by Gasteiger charge is 2.38. The molecule has 1 aromatic rings. The molecule has 0 bridgehead atoms. The van der Waals surface area contributed by atoms with Gasteiger partial charge in [0.05, 0.1) is 0 Å². The third-order valence-electron chi connectivity index (χ3n) is 4.53. The summed E-state index contributed by atoms with van der Waals surface area (Å²) >= 11 is 0. The van der Waals surface area contributed by atoms with Gasteiger partial charge in [0.2, 0.25) is 0 Å². The fourth-order valence-corrected chi connectivity index (χ4v) is 7.60. The number of benzene rings is 1. The quantitative estimate of drug-likeness (QED) is 0.510. The zero-order chi connectivity index (χ0) is 16.4. The number of unbranched alkanes of at least 4 members (excludes halogenated alkanes) is 2. The van der Waals surface area contributed by atoms with Gasteiger partial charge in [-0.25, -0.2) is 0 Å². The highest BCUT2D eigenvalue weighted by atomic mass is 28.3. The monoisotopic (exact) mass is 315 g/mol. The first-order valence-corrected chi connectivity index (χ1v) is 11.9. The van der Waals surface area contributed by atoms with Gasteiger partial charge in [-0.2, -0.15) is 0 Å². The molecule has 0 saturated carbocycles. The number of nitrogens with one attached hydrogen (secondary N) is 1. The van der Waals surface area contributed by atoms with Gasteiger partial charge in [-0.05, 0) is 50.3 Å². The second-order valence-corrected chi connectivity index (χ2v) is 12.6. The molecule has 1 aromatic carbocycles. The standard InChI is InChI=1S/C20H33NSi/c1-7-8-9-12-16-15-19(18-14-11-10-13-17(16)18)22(5,6)21-20(2,3)4/h10-11,13-15,19,21H,7-9,12H2,1-6H3. The summed E-state index contributed by atoms with van der Waals surface area (Å²) in [7, 11) is -1.57. The lowest BCUT2D eigenvalue weighted by Crippen LogP contribution is -2.57. The first-order valence-electron chi connectivity index (χ1n) is 8.84. The van der Waals surface area contributed by atoms with Crippen LogP contribution in [0, 0.1) is 0 Å². The lowest BCUT2D eigenvalue weighted by Gasteiger charge is -2.37. The molecule has 2 heteroatoms. The predicted molar refractivity (Wildman–Crippen MR) is 102 cm³/mol. The van der Waals surface area contributed by atoms with Gasteiger partial charge in [0.1, 0.15) is 8.24 Å². The molecule has 0 heterocycles. The molecule has 0 aromatic heterocycles. The number of fused-ring (bicyclic) bond motifs is 1. The third kappa shape index (κ3) is 4.11. The molecule has 1 atom stereocenters. The van der Waals surface area contributed by atoms with Crippen molar-refractivity contribution in [2.45, 2.75) is 77.6 Å². The van der Waals surface area contributed by atoms with E-state index in [-0.39, 0.29) is 5.54 Å². The van der Waals surface area contributed by atoms with E-state index in [9.17, 15) is 0 Å². The predicted octanol–water partition coefficient (Wildman–Crippen LogP) is 5.88. The Balaban J connectivity index is 2.28. The Hall–Kier alpha value is -0.863. The van der Waals surface area contributed by atoms with Crippen molar-refractivity contribution < 1.29 is 0 Å². The van der Waals surface area contributed by atoms with Crippen LogP contribution in [-0.2, 0) is 0 Å². The molecule has 122 valence electrons. The number of allylic oxidation sites excluding steroid dienone is 2. The molecule has 1 aliphatic rings. The van der Waals surface area contributed by atoms with Gasteiger partial charge in [0.25, 0.3) is 0 Å². The van der Waals surface area contributed by atoms with Crippen LogP contribution in [0.25, 0.3) is 5.57 Å². The molecule has 0 amide bonds. The summed E-state index contributed by atoms with van der Waals surface area (Å²) in [5, 5.41) is 0. The normalized spacial score (nSPS) is 18.3. The highest BCUT2D eigenvalue weighted by molar-refractivity contribution is 6.77. The van der Waals surface area contributed by atoms with Crippen molar-refractivity contribution in [2.24, 2.45) is 0 Å². The van der Waals surface area contributed by atoms with Crippen LogP contribution in [0.3, 0.4) is 0 Å². The molecular weight excluding hydrogens is 282 g/mol. The van der Waals surface area contributed by atoms with Crippen LogP contribution in [0.2, 0.25) is 13.1 Å². The first kappa shape index (κ1) is 17.5. The molecule has 1 unspecified atom stereocenters. The van der Waals surface area contributed by atoms with Gasteiger partial charge in [0.15, 0.2) is 0 Å². The van der Waals surface area contributed by atoms with Crippen molar-refractivity contribution in [3.8, 4) is 0 Å². The van der Waals surface area contributed by atoms with E-state index in [1.165, 1.54) is 31.2 Å². The second kappa shape index (κ2) is 6.72. The molecule has 2 rings (SSSR count). The van der Waals surface area contributed by atoms with Crippen LogP contribution in [0.5, 0.6) is 0 Å². The summed E-state index contributed by atoms with van der Waals surface area (Å²) < 4.78 is 0. The third-order valence-corrected chi connectivity index (χ3v) is 7.96. The summed E-state index contributed by atoms with van der Waals surface area (Å²) in [6, 6.07) is 9.08. The molecular formula is C20H33NSi. The van der Waals surface area contributed by atoms with Gasteiger partial charge >= 0.3 is 0 Å². The molecule has 1 N–H and O–H groups in total. The SMILES string of the molecule is CCCCCC1=CC([Si](C)(C)NC(C)(C)C)c2ccccc21. The average molecular weight is 316 g/mol. The molecule has 22 heavy (non-hydrogen) atoms. The Morgan fingerprint density at radius 3 is 2.41 bits per heavy atom. The van der Waals surface area contributed by atoms with Crippen LogP contribution < -0.4 is 4.98 Å². The Morgan fingerprint density at radius 1 is 1.09 bits per heavy atom. The average Bonchev–Trinajstić information content (AvgIpc) is 2.77. The van der Waals surface area contributed by atoms with Gasteiger partial charge in [0, 0.05) is 11.1 Å². The van der Waals surface area contributed by atoms with Gasteiger partial charge in [-0.1, -0.05) is 63.2 Å². The van der Waals surface area contributed by atoms with Gasteiger partial charge in [-0.15, -0.1) is 0 Å². The molecule has 0 radical (unpaired) electrons. The summed E-state index contributed by atoms with van der Waals surface area (Å²) in [5.41, 5.74) is 5.44. The number of hydrogen-bond acceptors (Lipinski definition) is 1. The van der Waals surface area contributed by atoms with Crippen molar-refractivity contribution in [1.29, 1.82) is 0 Å². The van der Waals surface area contributed by atoms with Crippen LogP contribution in [0.15, 0.2) is 30.3 Å². The lowest BCUT2D eigenvalue weighted by molar-refractivity contribution is 0.509. The Bertz CT molecular complexity index is 537. The van der Waals surface area contributed by atoms with Gasteiger partial charge < -0.3 is 4.98 Å². The maximum absolute atomic E-state index is 3.96. The fourth-order valence-electron chi connectivity index (χ4n) is 3.87. The minimum atomic E-state index is -1.57. The van der Waals surface area contributed by atoms with E-state index < -0.39 is 8.24 Å². The zero-order valence-electron chi connectivity index (χ0n) is 15.3. The van der Waals surface area contributed by atoms with Gasteiger partial charge in [-0.3, -0.25) is 0 Å². The zero-order valence-corrected chi connectivity index (χ0v) is 16.3. The van der Waals surface area contributed by atoms with Crippen molar-refractivity contribution >= 4 is 13.8 Å². The molecule has 0 saturated heterocycles. The Morgan fingerprint density at radius 2 is 1.77 bits per heavy atom. The molecule has 0 aliphatic heterocycles. The summed E-state index contributed by atoms with van der Waals surface area (Å²) in [6.07, 6.45) is 7.78. The smallest absolute Gasteiger partial charge is 0.131 e. The van der Waals surface area contributed by atoms with E-state index >= 15 is 0 Å². The van der Waals surface area contributed by atoms with E-state index in [0.29, 0.717) is 5.54 Å². The van der Waals surface area contributed by atoms with E-state index in [1.54, 1.807) is 11.1 Å². The van der Waals surface area contributed by atoms with E-state index in [4.69, 9.17) is 0 Å². The van der Waals surface area contributed by atoms with Crippen molar-refractivity contribution in [1.82, 2.24) is 4.98 Å². The first-order chi connectivity index (χ1) is 10.2. The summed E-state index contributed by atoms with van der Waals surface area (Å²) in [6.45, 7) is 14.1. The maximum Gasteiger partial charge on any atom is 0.131 e. The van der Waals surface area contributed by atoms with Crippen LogP contribution in [0.4, 0.5) is 0 Å². The van der Waals surface area contributed by atoms with E-state index in [1.807, 2.05) is 0 Å². The van der Waals surface area contributed by atoms with Crippen molar-refractivity contribution in [2.75, 3.05) is 0 Å². The topological polar surface area (TPSA) is 12.0 Å². The van der Waals surface area contributed by atoms with Crippen LogP contribution in [-0.4, -0.2) is 13.8 Å². The summed E-state index contributed by atoms with van der Waals surface area (Å²) in [4.78, 5) is 3.96. The second-order valence-electron chi connectivity index (χ2n) is 8.31. The maximum atomic E-state index is 3.96. The Labute approximate surface area is 138 Å². The largest absolute Gasteiger partial charge is 0.332 e. The molecule has 0 spiro atoms. The highest BCUT2D eigenvalue weighted by Crippen LogP contribution is 2.42. The van der Waals surface area contributed by atoms with Crippen molar-refractivity contribution in [3.63, 3.8) is 0 Å². The number of rotatable bonds is 6. The fraction of sp³-hybridized carbons (Fsp3) is 0.600. The summed E-state index contributed by atoms with van der Waals surface area (Å²) in [5.74, 6) is 0. The van der Waals surface area contributed by atoms with Crippen LogP contribution in [0.1, 0.15) is 70.0 Å². The van der Waals surface area contributed by atoms with E-state index in [0.717, 1.165) is 0 Å². The van der Waals surface area contributed by atoms with Crippen molar-refractivity contribution in [3.05, 3.63) is 41.5 Å². The number of hydrogen-bond donors (Lipinski definition) is 1. The Kier molecular flexibility index (Phi) is 5.34. The molecule has 1 aliphatic carbocycles. The minimum absolute atomic E-state index is 0.184. The minimum Gasteiger partial charge on any atom is -0.332 e. The lowest BCUT2D eigenvalue weighted by atomic mass is 10.0. The van der Waals surface area contributed by atoms with E-state index in [2.05, 4.69) is 76.1 Å². The van der Waals surface area contributed by atoms with Crippen LogP contribution >= 0.6 is 0 Å². The molecule has 0 fully saturated rings. The molecule has 1 nitrogen and oxygen atoms in total.